The van der Waals surface area contributed by atoms with Crippen LogP contribution in [-0.2, 0) is 19.0 Å². The van der Waals surface area contributed by atoms with Crippen LogP contribution in [0, 0.1) is 0 Å². The second-order valence-corrected chi connectivity index (χ2v) is 3.98. The zero-order chi connectivity index (χ0) is 9.54. The molecule has 78 valence electrons. The summed E-state index contributed by atoms with van der Waals surface area (Å²) in [7, 11) is 0. The minimum atomic E-state index is -0.188. The molecule has 3 fully saturated rings. The first-order valence-corrected chi connectivity index (χ1v) is 4.96. The number of carbonyl (C=O) groups excluding carboxylic acids is 1. The SMILES string of the molecule is O=C(C1CO1)N(CC1CO1)CC1CO1. The lowest BCUT2D eigenvalue weighted by Gasteiger charge is -2.19. The molecular formula is C9H13NO4. The van der Waals surface area contributed by atoms with Crippen molar-refractivity contribution in [1.82, 2.24) is 4.90 Å². The summed E-state index contributed by atoms with van der Waals surface area (Å²) < 4.78 is 15.2. The van der Waals surface area contributed by atoms with Crippen molar-refractivity contribution in [3.05, 3.63) is 0 Å². The molecule has 0 N–H and O–H groups in total. The number of nitrogens with zero attached hydrogens (tertiary/aromatic N) is 1. The molecule has 0 radical (unpaired) electrons. The Bertz CT molecular complexity index is 231. The Morgan fingerprint density at radius 2 is 1.57 bits per heavy atom. The zero-order valence-electron chi connectivity index (χ0n) is 7.85. The van der Waals surface area contributed by atoms with Crippen molar-refractivity contribution in [1.29, 1.82) is 0 Å². The molecule has 0 saturated carbocycles. The van der Waals surface area contributed by atoms with Gasteiger partial charge >= 0.3 is 0 Å². The maximum Gasteiger partial charge on any atom is 0.254 e. The Kier molecular flexibility index (Phi) is 1.97. The summed E-state index contributed by atoms with van der Waals surface area (Å²) in [6.45, 7) is 3.52. The fourth-order valence-corrected chi connectivity index (χ4v) is 1.49. The average Bonchev–Trinajstić information content (AvgIpc) is 2.96. The van der Waals surface area contributed by atoms with E-state index in [4.69, 9.17) is 14.2 Å². The molecule has 3 aliphatic rings. The van der Waals surface area contributed by atoms with E-state index in [1.54, 1.807) is 0 Å². The highest BCUT2D eigenvalue weighted by molar-refractivity contribution is 5.83. The van der Waals surface area contributed by atoms with E-state index >= 15 is 0 Å². The lowest BCUT2D eigenvalue weighted by atomic mass is 10.3. The van der Waals surface area contributed by atoms with Gasteiger partial charge in [0.25, 0.3) is 5.91 Å². The molecule has 3 aliphatic heterocycles. The lowest BCUT2D eigenvalue weighted by Crippen LogP contribution is -2.39. The molecule has 3 rings (SSSR count). The van der Waals surface area contributed by atoms with Crippen LogP contribution in [0.3, 0.4) is 0 Å². The first-order valence-electron chi connectivity index (χ1n) is 4.96. The number of amides is 1. The number of rotatable bonds is 5. The summed E-state index contributed by atoms with van der Waals surface area (Å²) in [6.07, 6.45) is 0.306. The Hall–Kier alpha value is -0.650. The maximum absolute atomic E-state index is 11.7. The van der Waals surface area contributed by atoms with Gasteiger partial charge in [0, 0.05) is 13.1 Å². The molecule has 14 heavy (non-hydrogen) atoms. The van der Waals surface area contributed by atoms with Gasteiger partial charge < -0.3 is 19.1 Å². The van der Waals surface area contributed by atoms with E-state index in [1.807, 2.05) is 4.90 Å². The Morgan fingerprint density at radius 3 is 1.93 bits per heavy atom. The van der Waals surface area contributed by atoms with Gasteiger partial charge in [-0.15, -0.1) is 0 Å². The van der Waals surface area contributed by atoms with Crippen molar-refractivity contribution in [2.75, 3.05) is 32.9 Å². The molecule has 5 heteroatoms. The Labute approximate surface area is 81.9 Å². The maximum atomic E-state index is 11.7. The molecule has 0 aromatic carbocycles. The van der Waals surface area contributed by atoms with Crippen LogP contribution in [0.4, 0.5) is 0 Å². The van der Waals surface area contributed by atoms with Gasteiger partial charge in [-0.3, -0.25) is 4.79 Å². The summed E-state index contributed by atoms with van der Waals surface area (Å²) >= 11 is 0. The number of carbonyl (C=O) groups is 1. The van der Waals surface area contributed by atoms with E-state index in [1.165, 1.54) is 0 Å². The second kappa shape index (κ2) is 3.18. The molecule has 3 atom stereocenters. The van der Waals surface area contributed by atoms with Gasteiger partial charge in [0.05, 0.1) is 32.0 Å². The van der Waals surface area contributed by atoms with Crippen molar-refractivity contribution in [3.63, 3.8) is 0 Å². The number of hydrogen-bond acceptors (Lipinski definition) is 4. The molecule has 0 aromatic rings. The van der Waals surface area contributed by atoms with Crippen LogP contribution in [0.15, 0.2) is 0 Å². The molecule has 1 amide bonds. The topological polar surface area (TPSA) is 57.9 Å². The smallest absolute Gasteiger partial charge is 0.254 e. The van der Waals surface area contributed by atoms with E-state index < -0.39 is 0 Å². The van der Waals surface area contributed by atoms with Gasteiger partial charge in [0.15, 0.2) is 6.10 Å². The molecule has 3 unspecified atom stereocenters. The van der Waals surface area contributed by atoms with Crippen molar-refractivity contribution in [3.8, 4) is 0 Å². The minimum Gasteiger partial charge on any atom is -0.371 e. The quantitative estimate of drug-likeness (QED) is 0.533. The third-order valence-corrected chi connectivity index (χ3v) is 2.57. The summed E-state index contributed by atoms with van der Waals surface area (Å²) in [6, 6.07) is 0. The van der Waals surface area contributed by atoms with Gasteiger partial charge in [-0.05, 0) is 0 Å². The van der Waals surface area contributed by atoms with Crippen LogP contribution in [0.5, 0.6) is 0 Å². The summed E-state index contributed by atoms with van der Waals surface area (Å²) in [5, 5.41) is 0. The van der Waals surface area contributed by atoms with Crippen LogP contribution in [0.2, 0.25) is 0 Å². The van der Waals surface area contributed by atoms with Crippen molar-refractivity contribution in [2.45, 2.75) is 18.3 Å². The van der Waals surface area contributed by atoms with Crippen molar-refractivity contribution < 1.29 is 19.0 Å². The highest BCUT2D eigenvalue weighted by Gasteiger charge is 2.40. The zero-order valence-corrected chi connectivity index (χ0v) is 7.85. The van der Waals surface area contributed by atoms with Gasteiger partial charge in [0.2, 0.25) is 0 Å². The molecule has 5 nitrogen and oxygen atoms in total. The van der Waals surface area contributed by atoms with E-state index in [-0.39, 0.29) is 24.2 Å². The molecule has 3 saturated heterocycles. The molecule has 0 aliphatic carbocycles. The summed E-state index contributed by atoms with van der Waals surface area (Å²) in [4.78, 5) is 13.5. The Morgan fingerprint density at radius 1 is 1.07 bits per heavy atom. The van der Waals surface area contributed by atoms with Gasteiger partial charge in [0.1, 0.15) is 0 Å². The predicted molar refractivity (Wildman–Crippen MR) is 45.8 cm³/mol. The van der Waals surface area contributed by atoms with Gasteiger partial charge in [-0.2, -0.15) is 0 Å². The van der Waals surface area contributed by atoms with Crippen LogP contribution in [0.1, 0.15) is 0 Å². The monoisotopic (exact) mass is 199 g/mol. The minimum absolute atomic E-state index is 0.0935. The highest BCUT2D eigenvalue weighted by Crippen LogP contribution is 2.20. The normalized spacial score (nSPS) is 37.9. The first kappa shape index (κ1) is 8.64. The van der Waals surface area contributed by atoms with Crippen molar-refractivity contribution in [2.24, 2.45) is 0 Å². The summed E-state index contributed by atoms with van der Waals surface area (Å²) in [5.41, 5.74) is 0. The van der Waals surface area contributed by atoms with Crippen LogP contribution < -0.4 is 0 Å². The molecule has 0 aromatic heterocycles. The fourth-order valence-electron chi connectivity index (χ4n) is 1.49. The van der Waals surface area contributed by atoms with Crippen molar-refractivity contribution >= 4 is 5.91 Å². The lowest BCUT2D eigenvalue weighted by molar-refractivity contribution is -0.133. The summed E-state index contributed by atoms with van der Waals surface area (Å²) in [5.74, 6) is 0.0935. The molecule has 3 heterocycles. The third kappa shape index (κ3) is 2.05. The van der Waals surface area contributed by atoms with E-state index in [0.29, 0.717) is 19.7 Å². The fraction of sp³-hybridized carbons (Fsp3) is 0.889. The number of hydrogen-bond donors (Lipinski definition) is 0. The molecule has 0 spiro atoms. The third-order valence-electron chi connectivity index (χ3n) is 2.57. The van der Waals surface area contributed by atoms with E-state index in [2.05, 4.69) is 0 Å². The molecule has 0 bridgehead atoms. The largest absolute Gasteiger partial charge is 0.371 e. The highest BCUT2D eigenvalue weighted by atomic mass is 16.6. The van der Waals surface area contributed by atoms with Gasteiger partial charge in [-0.25, -0.2) is 0 Å². The predicted octanol–water partition coefficient (Wildman–Crippen LogP) is -0.989. The average molecular weight is 199 g/mol. The van der Waals surface area contributed by atoms with Gasteiger partial charge in [-0.1, -0.05) is 0 Å². The van der Waals surface area contributed by atoms with Crippen LogP contribution in [-0.4, -0.2) is 62.0 Å². The van der Waals surface area contributed by atoms with E-state index in [0.717, 1.165) is 13.2 Å². The van der Waals surface area contributed by atoms with E-state index in [9.17, 15) is 4.79 Å². The first-order chi connectivity index (χ1) is 6.83. The van der Waals surface area contributed by atoms with Crippen LogP contribution in [0.25, 0.3) is 0 Å². The number of epoxide rings is 3. The second-order valence-electron chi connectivity index (χ2n) is 3.98. The molecular weight excluding hydrogens is 186 g/mol. The van der Waals surface area contributed by atoms with Crippen LogP contribution >= 0.6 is 0 Å². The number of ether oxygens (including phenoxy) is 3. The standard InChI is InChI=1S/C9H13NO4/c11-9(8-5-14-8)10(1-6-3-12-6)2-7-4-13-7/h6-8H,1-5H2. The Balaban J connectivity index is 1.56.